The second-order valence-electron chi connectivity index (χ2n) is 10.4. The first kappa shape index (κ1) is 26.3. The van der Waals surface area contributed by atoms with Crippen LogP contribution in [-0.4, -0.2) is 60.3 Å². The van der Waals surface area contributed by atoms with Gasteiger partial charge in [0.1, 0.15) is 23.8 Å². The summed E-state index contributed by atoms with van der Waals surface area (Å²) < 4.78 is 25.3. The first-order chi connectivity index (χ1) is 17.3. The van der Waals surface area contributed by atoms with E-state index in [4.69, 9.17) is 9.47 Å². The molecule has 7 heteroatoms. The van der Waals surface area contributed by atoms with Crippen LogP contribution < -0.4 is 0 Å². The third kappa shape index (κ3) is 5.95. The summed E-state index contributed by atoms with van der Waals surface area (Å²) in [4.78, 5) is 23.0. The lowest BCUT2D eigenvalue weighted by Gasteiger charge is -2.47. The van der Waals surface area contributed by atoms with Gasteiger partial charge in [0, 0.05) is 32.4 Å². The molecule has 0 fully saturated rings. The maximum atomic E-state index is 14.0. The number of rotatable bonds is 11. The fourth-order valence-electron chi connectivity index (χ4n) is 5.80. The van der Waals surface area contributed by atoms with Crippen LogP contribution in [-0.2, 0) is 27.1 Å². The zero-order valence-electron chi connectivity index (χ0n) is 21.9. The minimum absolute atomic E-state index is 0.00777. The van der Waals surface area contributed by atoms with Crippen LogP contribution in [0.2, 0.25) is 0 Å². The molecule has 0 radical (unpaired) electrons. The Labute approximate surface area is 213 Å². The molecule has 0 saturated heterocycles. The summed E-state index contributed by atoms with van der Waals surface area (Å²) in [6, 6.07) is 13.1. The number of imidazole rings is 1. The number of aromatic amines is 1. The van der Waals surface area contributed by atoms with Crippen molar-refractivity contribution in [1.82, 2.24) is 14.9 Å². The van der Waals surface area contributed by atoms with Crippen LogP contribution in [0.1, 0.15) is 56.0 Å². The van der Waals surface area contributed by atoms with Crippen molar-refractivity contribution < 1.29 is 18.7 Å². The molecule has 2 aromatic carbocycles. The van der Waals surface area contributed by atoms with Gasteiger partial charge < -0.3 is 19.4 Å². The van der Waals surface area contributed by atoms with Gasteiger partial charge in [0.05, 0.1) is 11.0 Å². The van der Waals surface area contributed by atoms with Gasteiger partial charge in [0.15, 0.2) is 0 Å². The Balaban J connectivity index is 1.44. The Bertz CT molecular complexity index is 1140. The number of halogens is 1. The summed E-state index contributed by atoms with van der Waals surface area (Å²) in [7, 11) is 3.61. The molecule has 3 aromatic rings. The van der Waals surface area contributed by atoms with Gasteiger partial charge in [-0.05, 0) is 74.2 Å². The fraction of sp³-hybridized carbons (Fsp3) is 0.517. The standard InChI is InChI=1S/C29H38FN3O3/c1-20(2)28-23-12-11-22(30)18-21(23)13-14-29(28,36-27(34)19-35-4)15-17-33(3)16-7-10-26-31-24-8-5-6-9-25(24)32-26/h5-6,8-9,11-12,18,20,28H,7,10,13-17,19H2,1-4H3,(H,31,32)/t28-,29-/m1/s1. The number of esters is 1. The molecule has 1 aliphatic carbocycles. The van der Waals surface area contributed by atoms with Crippen LogP contribution in [0.15, 0.2) is 42.5 Å². The van der Waals surface area contributed by atoms with Gasteiger partial charge in [-0.15, -0.1) is 0 Å². The predicted molar refractivity (Wildman–Crippen MR) is 140 cm³/mol. The highest BCUT2D eigenvalue weighted by Crippen LogP contribution is 2.48. The minimum atomic E-state index is -0.651. The van der Waals surface area contributed by atoms with Crippen molar-refractivity contribution in [3.63, 3.8) is 0 Å². The van der Waals surface area contributed by atoms with Gasteiger partial charge in [-0.25, -0.2) is 14.2 Å². The maximum Gasteiger partial charge on any atom is 0.332 e. The number of benzene rings is 2. The molecule has 1 heterocycles. The van der Waals surface area contributed by atoms with Crippen molar-refractivity contribution in [1.29, 1.82) is 0 Å². The second kappa shape index (κ2) is 11.5. The molecule has 4 rings (SSSR count). The van der Waals surface area contributed by atoms with Gasteiger partial charge in [0.2, 0.25) is 0 Å². The van der Waals surface area contributed by atoms with Crippen molar-refractivity contribution in [2.24, 2.45) is 5.92 Å². The summed E-state index contributed by atoms with van der Waals surface area (Å²) in [6.07, 6.45) is 3.92. The molecule has 0 saturated carbocycles. The predicted octanol–water partition coefficient (Wildman–Crippen LogP) is 5.27. The lowest BCUT2D eigenvalue weighted by atomic mass is 9.65. The highest BCUT2D eigenvalue weighted by atomic mass is 19.1. The average molecular weight is 496 g/mol. The van der Waals surface area contributed by atoms with Gasteiger partial charge in [0.25, 0.3) is 0 Å². The van der Waals surface area contributed by atoms with Crippen molar-refractivity contribution in [2.45, 2.75) is 57.5 Å². The Kier molecular flexibility index (Phi) is 8.42. The Morgan fingerprint density at radius 2 is 2.06 bits per heavy atom. The third-order valence-corrected chi connectivity index (χ3v) is 7.38. The molecule has 194 valence electrons. The highest BCUT2D eigenvalue weighted by Gasteiger charge is 2.47. The van der Waals surface area contributed by atoms with Crippen molar-refractivity contribution >= 4 is 17.0 Å². The van der Waals surface area contributed by atoms with Gasteiger partial charge in [-0.2, -0.15) is 0 Å². The lowest BCUT2D eigenvalue weighted by molar-refractivity contribution is -0.172. The number of carbonyl (C=O) groups is 1. The van der Waals surface area contributed by atoms with E-state index < -0.39 is 5.60 Å². The number of aromatic nitrogens is 2. The first-order valence-electron chi connectivity index (χ1n) is 12.9. The third-order valence-electron chi connectivity index (χ3n) is 7.38. The van der Waals surface area contributed by atoms with E-state index in [9.17, 15) is 9.18 Å². The summed E-state index contributed by atoms with van der Waals surface area (Å²) in [5.41, 5.74) is 3.53. The number of fused-ring (bicyclic) bond motifs is 2. The van der Waals surface area contributed by atoms with E-state index >= 15 is 0 Å². The fourth-order valence-corrected chi connectivity index (χ4v) is 5.80. The number of para-hydroxylation sites is 2. The van der Waals surface area contributed by atoms with E-state index in [0.717, 1.165) is 53.9 Å². The molecule has 6 nitrogen and oxygen atoms in total. The number of nitrogens with one attached hydrogen (secondary N) is 1. The van der Waals surface area contributed by atoms with E-state index in [1.165, 1.54) is 13.2 Å². The molecule has 2 atom stereocenters. The SMILES string of the molecule is COCC(=O)O[C@@]1(CCN(C)CCCc2nc3ccccc3[nH]2)CCc2cc(F)ccc2[C@H]1C(C)C. The zero-order chi connectivity index (χ0) is 25.7. The number of H-pyrrole nitrogens is 1. The van der Waals surface area contributed by atoms with Crippen LogP contribution >= 0.6 is 0 Å². The van der Waals surface area contributed by atoms with E-state index in [0.29, 0.717) is 19.3 Å². The lowest BCUT2D eigenvalue weighted by Crippen LogP contribution is -2.49. The topological polar surface area (TPSA) is 67.5 Å². The van der Waals surface area contributed by atoms with Gasteiger partial charge in [-0.3, -0.25) is 0 Å². The average Bonchev–Trinajstić information content (AvgIpc) is 3.25. The highest BCUT2D eigenvalue weighted by molar-refractivity contribution is 5.74. The summed E-state index contributed by atoms with van der Waals surface area (Å²) >= 11 is 0. The van der Waals surface area contributed by atoms with Gasteiger partial charge >= 0.3 is 5.97 Å². The molecule has 0 bridgehead atoms. The number of hydrogen-bond acceptors (Lipinski definition) is 5. The Hall–Kier alpha value is -2.77. The largest absolute Gasteiger partial charge is 0.457 e. The molecule has 0 amide bonds. The smallest absolute Gasteiger partial charge is 0.332 e. The van der Waals surface area contributed by atoms with Crippen molar-refractivity contribution in [3.05, 3.63) is 65.2 Å². The number of nitrogens with zero attached hydrogens (tertiary/aromatic N) is 2. The molecular formula is C29H38FN3O3. The van der Waals surface area contributed by atoms with E-state index in [-0.39, 0.29) is 30.2 Å². The number of carbonyl (C=O) groups excluding carboxylic acids is 1. The van der Waals surface area contributed by atoms with Crippen LogP contribution in [0.4, 0.5) is 4.39 Å². The van der Waals surface area contributed by atoms with E-state index in [2.05, 4.69) is 35.8 Å². The quantitative estimate of drug-likeness (QED) is 0.367. The number of ether oxygens (including phenoxy) is 2. The molecule has 0 aliphatic heterocycles. The summed E-state index contributed by atoms with van der Waals surface area (Å²) in [5.74, 6) is 0.658. The first-order valence-corrected chi connectivity index (χ1v) is 12.9. The maximum absolute atomic E-state index is 14.0. The Morgan fingerprint density at radius 1 is 1.25 bits per heavy atom. The minimum Gasteiger partial charge on any atom is -0.457 e. The molecule has 1 aromatic heterocycles. The van der Waals surface area contributed by atoms with Crippen molar-refractivity contribution in [2.75, 3.05) is 33.9 Å². The molecule has 0 spiro atoms. The summed E-state index contributed by atoms with van der Waals surface area (Å²) in [5, 5.41) is 0. The van der Waals surface area contributed by atoms with Gasteiger partial charge in [-0.1, -0.05) is 32.0 Å². The zero-order valence-corrected chi connectivity index (χ0v) is 21.9. The van der Waals surface area contributed by atoms with Crippen LogP contribution in [0.5, 0.6) is 0 Å². The number of aryl methyl sites for hydroxylation is 2. The molecule has 0 unspecified atom stereocenters. The van der Waals surface area contributed by atoms with Crippen LogP contribution in [0, 0.1) is 11.7 Å². The van der Waals surface area contributed by atoms with Crippen LogP contribution in [0.25, 0.3) is 11.0 Å². The molecule has 1 N–H and O–H groups in total. The molecule has 1 aliphatic rings. The molecule has 36 heavy (non-hydrogen) atoms. The monoisotopic (exact) mass is 495 g/mol. The Morgan fingerprint density at radius 3 is 2.81 bits per heavy atom. The number of methoxy groups -OCH3 is 1. The summed E-state index contributed by atoms with van der Waals surface area (Å²) in [6.45, 7) is 5.93. The van der Waals surface area contributed by atoms with E-state index in [1.54, 1.807) is 6.07 Å². The van der Waals surface area contributed by atoms with Crippen LogP contribution in [0.3, 0.4) is 0 Å². The molecular weight excluding hydrogens is 457 g/mol. The normalized spacial score (nSPS) is 19.7. The second-order valence-corrected chi connectivity index (χ2v) is 10.4. The van der Waals surface area contributed by atoms with E-state index in [1.807, 2.05) is 30.3 Å². The van der Waals surface area contributed by atoms with Crippen molar-refractivity contribution in [3.8, 4) is 0 Å². The number of hydrogen-bond donors (Lipinski definition) is 1.